The third-order valence-corrected chi connectivity index (χ3v) is 6.04. The minimum atomic E-state index is -0.553. The SMILES string of the molecule is NC(=O)c1sc2nccc(N3CCN(C(=O)OCc4ccccc4)CC3)c2c1N. The Morgan fingerprint density at radius 1 is 1.10 bits per heavy atom. The van der Waals surface area contributed by atoms with Crippen LogP contribution in [0.1, 0.15) is 15.2 Å². The van der Waals surface area contributed by atoms with Crippen LogP contribution in [0.15, 0.2) is 42.6 Å². The minimum Gasteiger partial charge on any atom is -0.445 e. The number of primary amides is 1. The monoisotopic (exact) mass is 411 g/mol. The predicted molar refractivity (Wildman–Crippen MR) is 113 cm³/mol. The lowest BCUT2D eigenvalue weighted by molar-refractivity contribution is 0.0941. The van der Waals surface area contributed by atoms with Crippen molar-refractivity contribution in [3.63, 3.8) is 0 Å². The normalized spacial score (nSPS) is 14.2. The van der Waals surface area contributed by atoms with Crippen molar-refractivity contribution in [1.82, 2.24) is 9.88 Å². The molecule has 2 aromatic heterocycles. The Morgan fingerprint density at radius 2 is 1.83 bits per heavy atom. The zero-order valence-electron chi connectivity index (χ0n) is 15.7. The van der Waals surface area contributed by atoms with Crippen molar-refractivity contribution in [2.45, 2.75) is 6.61 Å². The van der Waals surface area contributed by atoms with Crippen LogP contribution >= 0.6 is 11.3 Å². The second kappa shape index (κ2) is 7.96. The maximum atomic E-state index is 12.4. The summed E-state index contributed by atoms with van der Waals surface area (Å²) in [5.74, 6) is -0.553. The van der Waals surface area contributed by atoms with Crippen molar-refractivity contribution in [3.05, 3.63) is 53.0 Å². The summed E-state index contributed by atoms with van der Waals surface area (Å²) < 4.78 is 5.42. The molecule has 1 aliphatic rings. The first-order chi connectivity index (χ1) is 14.0. The Hall–Kier alpha value is -3.33. The molecule has 8 nitrogen and oxygen atoms in total. The number of benzene rings is 1. The standard InChI is InChI=1S/C20H21N5O3S/c21-16-15-14(6-7-23-19(15)29-17(16)18(22)26)24-8-10-25(11-9-24)20(27)28-12-13-4-2-1-3-5-13/h1-7H,8-12,21H2,(H2,22,26). The molecule has 0 spiro atoms. The lowest BCUT2D eigenvalue weighted by Gasteiger charge is -2.35. The van der Waals surface area contributed by atoms with Crippen LogP contribution in [0.4, 0.5) is 16.2 Å². The number of fused-ring (bicyclic) bond motifs is 1. The fraction of sp³-hybridized carbons (Fsp3) is 0.250. The number of pyridine rings is 1. The predicted octanol–water partition coefficient (Wildman–Crippen LogP) is 2.44. The average Bonchev–Trinajstić information content (AvgIpc) is 3.10. The van der Waals surface area contributed by atoms with Crippen molar-refractivity contribution < 1.29 is 14.3 Å². The number of anilines is 2. The number of rotatable bonds is 4. The van der Waals surface area contributed by atoms with E-state index < -0.39 is 5.91 Å². The molecule has 1 saturated heterocycles. The number of hydrogen-bond acceptors (Lipinski definition) is 7. The van der Waals surface area contributed by atoms with Gasteiger partial charge in [-0.3, -0.25) is 4.79 Å². The highest BCUT2D eigenvalue weighted by molar-refractivity contribution is 7.21. The number of hydrogen-bond donors (Lipinski definition) is 2. The molecule has 0 unspecified atom stereocenters. The molecule has 1 aliphatic heterocycles. The van der Waals surface area contributed by atoms with Gasteiger partial charge in [-0.1, -0.05) is 30.3 Å². The summed E-state index contributed by atoms with van der Waals surface area (Å²) in [5, 5.41) is 0.742. The fourth-order valence-corrected chi connectivity index (χ4v) is 4.35. The maximum Gasteiger partial charge on any atom is 0.410 e. The van der Waals surface area contributed by atoms with Gasteiger partial charge in [-0.25, -0.2) is 9.78 Å². The summed E-state index contributed by atoms with van der Waals surface area (Å²) in [4.78, 5) is 33.1. The third kappa shape index (κ3) is 3.81. The molecule has 4 N–H and O–H groups in total. The van der Waals surface area contributed by atoms with Gasteiger partial charge in [0.25, 0.3) is 5.91 Å². The fourth-order valence-electron chi connectivity index (χ4n) is 3.42. The summed E-state index contributed by atoms with van der Waals surface area (Å²) in [5.41, 5.74) is 13.8. The molecule has 0 aliphatic carbocycles. The van der Waals surface area contributed by atoms with Crippen molar-refractivity contribution >= 4 is 44.9 Å². The van der Waals surface area contributed by atoms with Crippen LogP contribution in [0.5, 0.6) is 0 Å². The second-order valence-electron chi connectivity index (χ2n) is 6.73. The average molecular weight is 411 g/mol. The van der Waals surface area contributed by atoms with Crippen LogP contribution in [0.25, 0.3) is 10.2 Å². The van der Waals surface area contributed by atoms with Crippen molar-refractivity contribution in [2.75, 3.05) is 36.8 Å². The van der Waals surface area contributed by atoms with Crippen molar-refractivity contribution in [2.24, 2.45) is 5.73 Å². The topological polar surface area (TPSA) is 115 Å². The highest BCUT2D eigenvalue weighted by atomic mass is 32.1. The summed E-state index contributed by atoms with van der Waals surface area (Å²) in [6.45, 7) is 2.57. The third-order valence-electron chi connectivity index (χ3n) is 4.91. The van der Waals surface area contributed by atoms with E-state index >= 15 is 0 Å². The molecule has 9 heteroatoms. The quantitative estimate of drug-likeness (QED) is 0.681. The molecule has 4 rings (SSSR count). The molecule has 2 amide bonds. The van der Waals surface area contributed by atoms with E-state index in [4.69, 9.17) is 16.2 Å². The molecule has 1 fully saturated rings. The second-order valence-corrected chi connectivity index (χ2v) is 7.73. The Bertz CT molecular complexity index is 1040. The first kappa shape index (κ1) is 19.0. The van der Waals surface area contributed by atoms with Crippen LogP contribution in [-0.4, -0.2) is 48.1 Å². The number of thiophene rings is 1. The van der Waals surface area contributed by atoms with Gasteiger partial charge in [0, 0.05) is 32.4 Å². The zero-order valence-corrected chi connectivity index (χ0v) is 16.5. The molecular weight excluding hydrogens is 390 g/mol. The molecule has 0 bridgehead atoms. The van der Waals surface area contributed by atoms with Gasteiger partial charge in [-0.2, -0.15) is 0 Å². The molecule has 150 valence electrons. The molecule has 0 radical (unpaired) electrons. The number of carbonyl (C=O) groups excluding carboxylic acids is 2. The molecule has 3 aromatic rings. The Balaban J connectivity index is 1.43. The van der Waals surface area contributed by atoms with E-state index in [2.05, 4.69) is 9.88 Å². The smallest absolute Gasteiger partial charge is 0.410 e. The van der Waals surface area contributed by atoms with E-state index in [0.717, 1.165) is 16.6 Å². The molecule has 3 heterocycles. The van der Waals surface area contributed by atoms with Crippen LogP contribution in [0, 0.1) is 0 Å². The highest BCUT2D eigenvalue weighted by Crippen LogP contribution is 2.38. The van der Waals surface area contributed by atoms with Gasteiger partial charge in [-0.15, -0.1) is 11.3 Å². The van der Waals surface area contributed by atoms with Crippen LogP contribution in [-0.2, 0) is 11.3 Å². The Kier molecular flexibility index (Phi) is 5.22. The number of amides is 2. The lowest BCUT2D eigenvalue weighted by atomic mass is 10.2. The maximum absolute atomic E-state index is 12.4. The van der Waals surface area contributed by atoms with E-state index in [1.165, 1.54) is 11.3 Å². The molecule has 1 aromatic carbocycles. The molecular formula is C20H21N5O3S. The first-order valence-corrected chi connectivity index (χ1v) is 10.0. The minimum absolute atomic E-state index is 0.256. The number of aromatic nitrogens is 1. The molecule has 0 atom stereocenters. The summed E-state index contributed by atoms with van der Waals surface area (Å²) in [7, 11) is 0. The van der Waals surface area contributed by atoms with Gasteiger partial charge < -0.3 is 26.0 Å². The largest absolute Gasteiger partial charge is 0.445 e. The van der Waals surface area contributed by atoms with Crippen LogP contribution in [0.3, 0.4) is 0 Å². The highest BCUT2D eigenvalue weighted by Gasteiger charge is 2.25. The summed E-state index contributed by atoms with van der Waals surface area (Å²) >= 11 is 1.20. The van der Waals surface area contributed by atoms with Gasteiger partial charge in [-0.05, 0) is 11.6 Å². The van der Waals surface area contributed by atoms with Gasteiger partial charge in [0.2, 0.25) is 0 Å². The molecule has 29 heavy (non-hydrogen) atoms. The molecule has 0 saturated carbocycles. The van der Waals surface area contributed by atoms with E-state index in [-0.39, 0.29) is 12.7 Å². The number of ether oxygens (including phenoxy) is 1. The summed E-state index contributed by atoms with van der Waals surface area (Å²) in [6.07, 6.45) is 1.37. The summed E-state index contributed by atoms with van der Waals surface area (Å²) in [6, 6.07) is 11.5. The number of nitrogen functional groups attached to an aromatic ring is 1. The van der Waals surface area contributed by atoms with Crippen LogP contribution < -0.4 is 16.4 Å². The number of carbonyl (C=O) groups is 2. The van der Waals surface area contributed by atoms with Gasteiger partial charge in [0.05, 0.1) is 16.8 Å². The zero-order chi connectivity index (χ0) is 20.4. The Morgan fingerprint density at radius 3 is 2.52 bits per heavy atom. The van der Waals surface area contributed by atoms with Crippen LogP contribution in [0.2, 0.25) is 0 Å². The van der Waals surface area contributed by atoms with E-state index in [9.17, 15) is 9.59 Å². The Labute approximate surface area is 171 Å². The van der Waals surface area contributed by atoms with E-state index in [0.29, 0.717) is 41.6 Å². The van der Waals surface area contributed by atoms with Crippen molar-refractivity contribution in [1.29, 1.82) is 0 Å². The van der Waals surface area contributed by atoms with Crippen molar-refractivity contribution in [3.8, 4) is 0 Å². The number of piperazine rings is 1. The van der Waals surface area contributed by atoms with Gasteiger partial charge in [0.1, 0.15) is 16.3 Å². The van der Waals surface area contributed by atoms with Gasteiger partial charge >= 0.3 is 6.09 Å². The van der Waals surface area contributed by atoms with Gasteiger partial charge in [0.15, 0.2) is 0 Å². The number of nitrogens with two attached hydrogens (primary N) is 2. The first-order valence-electron chi connectivity index (χ1n) is 9.22. The number of nitrogens with zero attached hydrogens (tertiary/aromatic N) is 3. The van der Waals surface area contributed by atoms with E-state index in [1.54, 1.807) is 11.1 Å². The lowest BCUT2D eigenvalue weighted by Crippen LogP contribution is -2.49. The van der Waals surface area contributed by atoms with E-state index in [1.807, 2.05) is 36.4 Å².